The van der Waals surface area contributed by atoms with Crippen LogP contribution in [0.4, 0.5) is 16.2 Å². The SMILES string of the molecule is CN(C)c1nc(NCc2csc3c2CCCC3)ncc1F. The van der Waals surface area contributed by atoms with Crippen molar-refractivity contribution >= 4 is 23.1 Å². The van der Waals surface area contributed by atoms with Crippen LogP contribution in [0.25, 0.3) is 0 Å². The maximum atomic E-state index is 13.6. The number of hydrogen-bond donors (Lipinski definition) is 1. The Bertz CT molecular complexity index is 639. The number of thiophene rings is 1. The summed E-state index contributed by atoms with van der Waals surface area (Å²) in [6, 6.07) is 0. The predicted molar refractivity (Wildman–Crippen MR) is 84.6 cm³/mol. The fourth-order valence-electron chi connectivity index (χ4n) is 2.64. The maximum absolute atomic E-state index is 13.6. The van der Waals surface area contributed by atoms with Crippen LogP contribution in [0.5, 0.6) is 0 Å². The van der Waals surface area contributed by atoms with Crippen molar-refractivity contribution in [3.63, 3.8) is 0 Å². The van der Waals surface area contributed by atoms with Crippen molar-refractivity contribution in [1.29, 1.82) is 0 Å². The third kappa shape index (κ3) is 3.00. The van der Waals surface area contributed by atoms with E-state index in [9.17, 15) is 4.39 Å². The number of rotatable bonds is 4. The molecule has 0 radical (unpaired) electrons. The van der Waals surface area contributed by atoms with Crippen molar-refractivity contribution in [2.75, 3.05) is 24.3 Å². The van der Waals surface area contributed by atoms with Crippen LogP contribution < -0.4 is 10.2 Å². The molecule has 0 saturated carbocycles. The number of fused-ring (bicyclic) bond motifs is 1. The van der Waals surface area contributed by atoms with Gasteiger partial charge in [-0.3, -0.25) is 0 Å². The monoisotopic (exact) mass is 306 g/mol. The van der Waals surface area contributed by atoms with Gasteiger partial charge in [-0.1, -0.05) is 0 Å². The number of anilines is 2. The molecule has 2 aromatic heterocycles. The smallest absolute Gasteiger partial charge is 0.225 e. The Morgan fingerprint density at radius 1 is 1.33 bits per heavy atom. The zero-order valence-electron chi connectivity index (χ0n) is 12.3. The van der Waals surface area contributed by atoms with Gasteiger partial charge < -0.3 is 10.2 Å². The fourth-order valence-corrected chi connectivity index (χ4v) is 3.79. The van der Waals surface area contributed by atoms with E-state index < -0.39 is 5.82 Å². The predicted octanol–water partition coefficient (Wildman–Crippen LogP) is 3.23. The average Bonchev–Trinajstić information content (AvgIpc) is 2.89. The molecule has 3 rings (SSSR count). The van der Waals surface area contributed by atoms with Gasteiger partial charge in [0.1, 0.15) is 0 Å². The van der Waals surface area contributed by atoms with Gasteiger partial charge in [-0.2, -0.15) is 4.98 Å². The summed E-state index contributed by atoms with van der Waals surface area (Å²) in [4.78, 5) is 11.4. The summed E-state index contributed by atoms with van der Waals surface area (Å²) in [5, 5.41) is 5.43. The standard InChI is InChI=1S/C15H19FN4S/c1-20(2)14-12(16)8-18-15(19-14)17-7-10-9-21-13-6-4-3-5-11(10)13/h8-9H,3-7H2,1-2H3,(H,17,18,19). The second-order valence-electron chi connectivity index (χ2n) is 5.48. The largest absolute Gasteiger partial charge is 0.360 e. The minimum absolute atomic E-state index is 0.305. The van der Waals surface area contributed by atoms with Crippen LogP contribution in [0.2, 0.25) is 0 Å². The van der Waals surface area contributed by atoms with Crippen molar-refractivity contribution in [1.82, 2.24) is 9.97 Å². The Morgan fingerprint density at radius 3 is 2.95 bits per heavy atom. The molecule has 0 aromatic carbocycles. The zero-order chi connectivity index (χ0) is 14.8. The van der Waals surface area contributed by atoms with Crippen LogP contribution >= 0.6 is 11.3 Å². The number of halogens is 1. The molecule has 4 nitrogen and oxygen atoms in total. The molecule has 112 valence electrons. The molecule has 21 heavy (non-hydrogen) atoms. The van der Waals surface area contributed by atoms with Crippen LogP contribution in [0.3, 0.4) is 0 Å². The number of nitrogens with one attached hydrogen (secondary N) is 1. The molecular weight excluding hydrogens is 287 g/mol. The van der Waals surface area contributed by atoms with Crippen molar-refractivity contribution in [2.24, 2.45) is 0 Å². The molecule has 0 aliphatic heterocycles. The number of aromatic nitrogens is 2. The van der Waals surface area contributed by atoms with Crippen molar-refractivity contribution < 1.29 is 4.39 Å². The van der Waals surface area contributed by atoms with Gasteiger partial charge in [0, 0.05) is 25.5 Å². The highest BCUT2D eigenvalue weighted by molar-refractivity contribution is 7.10. The fraction of sp³-hybridized carbons (Fsp3) is 0.467. The van der Waals surface area contributed by atoms with Crippen molar-refractivity contribution in [3.8, 4) is 0 Å². The van der Waals surface area contributed by atoms with E-state index >= 15 is 0 Å². The third-order valence-corrected chi connectivity index (χ3v) is 4.87. The summed E-state index contributed by atoms with van der Waals surface area (Å²) in [6.45, 7) is 0.699. The molecule has 1 aliphatic carbocycles. The molecule has 0 fully saturated rings. The third-order valence-electron chi connectivity index (χ3n) is 3.73. The van der Waals surface area contributed by atoms with E-state index in [4.69, 9.17) is 0 Å². The van der Waals surface area contributed by atoms with Gasteiger partial charge in [-0.15, -0.1) is 11.3 Å². The molecule has 0 unspecified atom stereocenters. The van der Waals surface area contributed by atoms with E-state index in [0.29, 0.717) is 18.3 Å². The number of nitrogens with zero attached hydrogens (tertiary/aromatic N) is 3. The van der Waals surface area contributed by atoms with Gasteiger partial charge in [0.25, 0.3) is 0 Å². The highest BCUT2D eigenvalue weighted by Crippen LogP contribution is 2.30. The first-order valence-corrected chi connectivity index (χ1v) is 8.05. The van der Waals surface area contributed by atoms with Gasteiger partial charge >= 0.3 is 0 Å². The first kappa shape index (κ1) is 14.3. The van der Waals surface area contributed by atoms with Crippen LogP contribution in [-0.4, -0.2) is 24.1 Å². The molecule has 0 amide bonds. The lowest BCUT2D eigenvalue weighted by Crippen LogP contribution is -2.15. The van der Waals surface area contributed by atoms with Crippen LogP contribution in [0.15, 0.2) is 11.6 Å². The molecular formula is C15H19FN4S. The lowest BCUT2D eigenvalue weighted by molar-refractivity contribution is 0.612. The van der Waals surface area contributed by atoms with Crippen molar-refractivity contribution in [3.05, 3.63) is 33.4 Å². The zero-order valence-corrected chi connectivity index (χ0v) is 13.1. The lowest BCUT2D eigenvalue weighted by Gasteiger charge is -2.15. The number of aryl methyl sites for hydroxylation is 1. The van der Waals surface area contributed by atoms with Crippen LogP contribution in [-0.2, 0) is 19.4 Å². The maximum Gasteiger partial charge on any atom is 0.225 e. The van der Waals surface area contributed by atoms with Gasteiger partial charge in [0.2, 0.25) is 5.95 Å². The molecule has 2 heterocycles. The van der Waals surface area contributed by atoms with E-state index in [1.165, 1.54) is 47.9 Å². The van der Waals surface area contributed by atoms with E-state index in [1.807, 2.05) is 11.3 Å². The Kier molecular flexibility index (Phi) is 4.05. The van der Waals surface area contributed by atoms with E-state index in [1.54, 1.807) is 19.0 Å². The molecule has 0 saturated heterocycles. The van der Waals surface area contributed by atoms with E-state index in [-0.39, 0.29) is 0 Å². The minimum atomic E-state index is -0.404. The second-order valence-corrected chi connectivity index (χ2v) is 6.45. The summed E-state index contributed by atoms with van der Waals surface area (Å²) < 4.78 is 13.6. The van der Waals surface area contributed by atoms with Gasteiger partial charge in [-0.05, 0) is 42.2 Å². The molecule has 1 N–H and O–H groups in total. The highest BCUT2D eigenvalue weighted by atomic mass is 32.1. The Hall–Kier alpha value is -1.69. The van der Waals surface area contributed by atoms with Crippen LogP contribution in [0, 0.1) is 5.82 Å². The van der Waals surface area contributed by atoms with Crippen molar-refractivity contribution in [2.45, 2.75) is 32.2 Å². The Balaban J connectivity index is 1.73. The topological polar surface area (TPSA) is 41.1 Å². The first-order valence-electron chi connectivity index (χ1n) is 7.17. The summed E-state index contributed by atoms with van der Waals surface area (Å²) >= 11 is 1.85. The van der Waals surface area contributed by atoms with Gasteiger partial charge in [0.15, 0.2) is 11.6 Å². The molecule has 6 heteroatoms. The summed E-state index contributed by atoms with van der Waals surface area (Å²) in [6.07, 6.45) is 6.16. The van der Waals surface area contributed by atoms with E-state index in [2.05, 4.69) is 20.7 Å². The normalized spacial score (nSPS) is 13.9. The minimum Gasteiger partial charge on any atom is -0.360 e. The van der Waals surface area contributed by atoms with Crippen LogP contribution in [0.1, 0.15) is 28.8 Å². The molecule has 0 spiro atoms. The van der Waals surface area contributed by atoms with Gasteiger partial charge in [0.05, 0.1) is 6.20 Å². The summed E-state index contributed by atoms with van der Waals surface area (Å²) in [7, 11) is 3.54. The van der Waals surface area contributed by atoms with Gasteiger partial charge in [-0.25, -0.2) is 9.37 Å². The Morgan fingerprint density at radius 2 is 2.14 bits per heavy atom. The molecule has 1 aliphatic rings. The molecule has 0 atom stereocenters. The quantitative estimate of drug-likeness (QED) is 0.941. The lowest BCUT2D eigenvalue weighted by atomic mass is 9.96. The average molecular weight is 306 g/mol. The Labute approximate surface area is 128 Å². The molecule has 2 aromatic rings. The molecule has 0 bridgehead atoms. The summed E-state index contributed by atoms with van der Waals surface area (Å²) in [5.41, 5.74) is 2.82. The van der Waals surface area contributed by atoms with E-state index in [0.717, 1.165) is 0 Å². The number of hydrogen-bond acceptors (Lipinski definition) is 5. The second kappa shape index (κ2) is 5.97. The highest BCUT2D eigenvalue weighted by Gasteiger charge is 2.16. The first-order chi connectivity index (χ1) is 10.1. The summed E-state index contributed by atoms with van der Waals surface area (Å²) in [5.74, 6) is 0.370.